The quantitative estimate of drug-likeness (QED) is 0.588. The molecule has 4 nitrogen and oxygen atoms in total. The molecular formula is C7H13NO3. The maximum absolute atomic E-state index is 10.5. The van der Waals surface area contributed by atoms with Gasteiger partial charge in [0.2, 0.25) is 6.41 Å². The number of rotatable bonds is 5. The van der Waals surface area contributed by atoms with Crippen LogP contribution in [0.25, 0.3) is 0 Å². The van der Waals surface area contributed by atoms with Gasteiger partial charge < -0.3 is 10.0 Å². The van der Waals surface area contributed by atoms with Crippen LogP contribution in [0.15, 0.2) is 0 Å². The number of aliphatic carboxylic acids is 1. The van der Waals surface area contributed by atoms with Gasteiger partial charge in [0.25, 0.3) is 0 Å². The summed E-state index contributed by atoms with van der Waals surface area (Å²) >= 11 is 0. The standard InChI is InChI=1S/C7H13NO3/c1-3-4-6(7(10)11)8(2)5-9/h5-6H,3-4H2,1-2H3,(H,10,11). The Morgan fingerprint density at radius 1 is 1.73 bits per heavy atom. The number of nitrogens with zero attached hydrogens (tertiary/aromatic N) is 1. The molecule has 1 atom stereocenters. The van der Waals surface area contributed by atoms with Crippen LogP contribution in [0.1, 0.15) is 19.8 Å². The number of hydrogen-bond donors (Lipinski definition) is 1. The van der Waals surface area contributed by atoms with Crippen LogP contribution in [0.5, 0.6) is 0 Å². The van der Waals surface area contributed by atoms with Crippen molar-refractivity contribution < 1.29 is 14.7 Å². The average molecular weight is 159 g/mol. The maximum Gasteiger partial charge on any atom is 0.326 e. The topological polar surface area (TPSA) is 57.6 Å². The zero-order chi connectivity index (χ0) is 8.85. The van der Waals surface area contributed by atoms with E-state index in [2.05, 4.69) is 0 Å². The molecule has 1 unspecified atom stereocenters. The summed E-state index contributed by atoms with van der Waals surface area (Å²) in [6, 6.07) is -0.669. The lowest BCUT2D eigenvalue weighted by Crippen LogP contribution is -2.37. The molecule has 0 rings (SSSR count). The Hall–Kier alpha value is -1.06. The maximum atomic E-state index is 10.5. The molecule has 11 heavy (non-hydrogen) atoms. The molecule has 0 aliphatic heterocycles. The lowest BCUT2D eigenvalue weighted by atomic mass is 10.1. The Bertz CT molecular complexity index is 147. The van der Waals surface area contributed by atoms with Gasteiger partial charge in [-0.25, -0.2) is 4.79 Å². The molecule has 0 aliphatic rings. The van der Waals surface area contributed by atoms with Crippen LogP contribution in [0, 0.1) is 0 Å². The highest BCUT2D eigenvalue weighted by Gasteiger charge is 2.19. The second-order valence-corrected chi connectivity index (χ2v) is 2.41. The largest absolute Gasteiger partial charge is 0.480 e. The van der Waals surface area contributed by atoms with Crippen molar-refractivity contribution in [1.29, 1.82) is 0 Å². The van der Waals surface area contributed by atoms with E-state index in [0.29, 0.717) is 12.8 Å². The highest BCUT2D eigenvalue weighted by molar-refractivity contribution is 5.76. The Kier molecular flexibility index (Phi) is 4.26. The lowest BCUT2D eigenvalue weighted by molar-refractivity contribution is -0.145. The number of carboxylic acids is 1. The highest BCUT2D eigenvalue weighted by atomic mass is 16.4. The summed E-state index contributed by atoms with van der Waals surface area (Å²) in [5.41, 5.74) is 0. The van der Waals surface area contributed by atoms with Crippen molar-refractivity contribution in [2.24, 2.45) is 0 Å². The zero-order valence-electron chi connectivity index (χ0n) is 6.78. The molecule has 1 amide bonds. The first kappa shape index (κ1) is 9.94. The van der Waals surface area contributed by atoms with Gasteiger partial charge in [-0.2, -0.15) is 0 Å². The van der Waals surface area contributed by atoms with Crippen LogP contribution in [0.3, 0.4) is 0 Å². The average Bonchev–Trinajstić information content (AvgIpc) is 1.98. The fourth-order valence-electron chi connectivity index (χ4n) is 0.848. The van der Waals surface area contributed by atoms with Gasteiger partial charge in [-0.3, -0.25) is 4.79 Å². The molecule has 0 radical (unpaired) electrons. The number of carboxylic acid groups (broad SMARTS) is 1. The molecule has 0 aromatic heterocycles. The van der Waals surface area contributed by atoms with Crippen LogP contribution >= 0.6 is 0 Å². The SMILES string of the molecule is CCCC(C(=O)O)N(C)C=O. The highest BCUT2D eigenvalue weighted by Crippen LogP contribution is 2.02. The molecule has 0 aromatic carbocycles. The molecule has 1 N–H and O–H groups in total. The van der Waals surface area contributed by atoms with Crippen molar-refractivity contribution in [3.05, 3.63) is 0 Å². The molecule has 0 bridgehead atoms. The van der Waals surface area contributed by atoms with Gasteiger partial charge >= 0.3 is 5.97 Å². The summed E-state index contributed by atoms with van der Waals surface area (Å²) < 4.78 is 0. The molecule has 4 heteroatoms. The van der Waals surface area contributed by atoms with Crippen LogP contribution in [0.2, 0.25) is 0 Å². The Morgan fingerprint density at radius 3 is 2.55 bits per heavy atom. The Morgan fingerprint density at radius 2 is 2.27 bits per heavy atom. The first-order valence-electron chi connectivity index (χ1n) is 3.53. The van der Waals surface area contributed by atoms with Crippen molar-refractivity contribution in [1.82, 2.24) is 4.90 Å². The second-order valence-electron chi connectivity index (χ2n) is 2.41. The number of carbonyl (C=O) groups excluding carboxylic acids is 1. The van der Waals surface area contributed by atoms with Crippen molar-refractivity contribution in [2.75, 3.05) is 7.05 Å². The second kappa shape index (κ2) is 4.71. The number of hydrogen-bond acceptors (Lipinski definition) is 2. The van der Waals surface area contributed by atoms with Gasteiger partial charge in [-0.1, -0.05) is 13.3 Å². The van der Waals surface area contributed by atoms with Crippen molar-refractivity contribution >= 4 is 12.4 Å². The fraction of sp³-hybridized carbons (Fsp3) is 0.714. The van der Waals surface area contributed by atoms with Crippen LogP contribution in [0.4, 0.5) is 0 Å². The van der Waals surface area contributed by atoms with E-state index in [-0.39, 0.29) is 0 Å². The molecule has 0 saturated carbocycles. The molecule has 0 aliphatic carbocycles. The van der Waals surface area contributed by atoms with Gasteiger partial charge in [0.1, 0.15) is 6.04 Å². The van der Waals surface area contributed by atoms with E-state index in [4.69, 9.17) is 5.11 Å². The number of carbonyl (C=O) groups is 2. The monoisotopic (exact) mass is 159 g/mol. The van der Waals surface area contributed by atoms with E-state index in [1.54, 1.807) is 0 Å². The summed E-state index contributed by atoms with van der Waals surface area (Å²) in [6.45, 7) is 1.88. The molecular weight excluding hydrogens is 146 g/mol. The number of amides is 1. The third-order valence-electron chi connectivity index (χ3n) is 1.51. The molecule has 0 heterocycles. The summed E-state index contributed by atoms with van der Waals surface area (Å²) in [6.07, 6.45) is 1.80. The summed E-state index contributed by atoms with van der Waals surface area (Å²) in [4.78, 5) is 21.8. The summed E-state index contributed by atoms with van der Waals surface area (Å²) in [5.74, 6) is -0.943. The molecule has 0 spiro atoms. The molecule has 64 valence electrons. The summed E-state index contributed by atoms with van der Waals surface area (Å²) in [7, 11) is 1.47. The Labute approximate surface area is 65.8 Å². The smallest absolute Gasteiger partial charge is 0.326 e. The lowest BCUT2D eigenvalue weighted by Gasteiger charge is -2.19. The third-order valence-corrected chi connectivity index (χ3v) is 1.51. The summed E-state index contributed by atoms with van der Waals surface area (Å²) in [5, 5.41) is 8.61. The van der Waals surface area contributed by atoms with E-state index < -0.39 is 12.0 Å². The minimum absolute atomic E-state index is 0.505. The third kappa shape index (κ3) is 3.02. The minimum Gasteiger partial charge on any atom is -0.480 e. The molecule has 0 aromatic rings. The van der Waals surface area contributed by atoms with E-state index in [0.717, 1.165) is 6.42 Å². The normalized spacial score (nSPS) is 12.2. The van der Waals surface area contributed by atoms with E-state index in [1.807, 2.05) is 6.92 Å². The molecule has 0 fully saturated rings. The van der Waals surface area contributed by atoms with Gasteiger partial charge in [0.15, 0.2) is 0 Å². The van der Waals surface area contributed by atoms with E-state index in [9.17, 15) is 9.59 Å². The zero-order valence-corrected chi connectivity index (χ0v) is 6.78. The van der Waals surface area contributed by atoms with Gasteiger partial charge in [0, 0.05) is 7.05 Å². The van der Waals surface area contributed by atoms with Crippen LogP contribution in [-0.2, 0) is 9.59 Å². The van der Waals surface area contributed by atoms with E-state index in [1.165, 1.54) is 11.9 Å². The van der Waals surface area contributed by atoms with E-state index >= 15 is 0 Å². The Balaban J connectivity index is 4.08. The van der Waals surface area contributed by atoms with Crippen molar-refractivity contribution in [3.8, 4) is 0 Å². The number of likely N-dealkylation sites (N-methyl/N-ethyl adjacent to an activating group) is 1. The predicted molar refractivity (Wildman–Crippen MR) is 40.2 cm³/mol. The predicted octanol–water partition coefficient (Wildman–Crippen LogP) is 0.328. The van der Waals surface area contributed by atoms with Crippen molar-refractivity contribution in [2.45, 2.75) is 25.8 Å². The minimum atomic E-state index is -0.943. The van der Waals surface area contributed by atoms with Crippen LogP contribution < -0.4 is 0 Å². The first-order chi connectivity index (χ1) is 5.13. The van der Waals surface area contributed by atoms with Gasteiger partial charge in [-0.15, -0.1) is 0 Å². The van der Waals surface area contributed by atoms with Gasteiger partial charge in [-0.05, 0) is 6.42 Å². The molecule has 0 saturated heterocycles. The van der Waals surface area contributed by atoms with Crippen LogP contribution in [-0.4, -0.2) is 35.5 Å². The van der Waals surface area contributed by atoms with Gasteiger partial charge in [0.05, 0.1) is 0 Å². The van der Waals surface area contributed by atoms with Crippen molar-refractivity contribution in [3.63, 3.8) is 0 Å². The fourth-order valence-corrected chi connectivity index (χ4v) is 0.848. The first-order valence-corrected chi connectivity index (χ1v) is 3.53.